The Morgan fingerprint density at radius 3 is 2.25 bits per heavy atom. The van der Waals surface area contributed by atoms with E-state index in [0.717, 1.165) is 5.75 Å². The minimum absolute atomic E-state index is 0.0511. The topological polar surface area (TPSA) is 38.3 Å². The monoisotopic (exact) mass is 221 g/mol. The summed E-state index contributed by atoms with van der Waals surface area (Å²) in [6.45, 7) is 8.51. The number of benzene rings is 1. The quantitative estimate of drug-likeness (QED) is 0.852. The molecule has 0 saturated carbocycles. The molecular formula is C13H19NO2. The average molecular weight is 221 g/mol. The molecular weight excluding hydrogens is 202 g/mol. The van der Waals surface area contributed by atoms with Gasteiger partial charge in [0.1, 0.15) is 11.4 Å². The molecule has 3 heteroatoms. The molecule has 0 radical (unpaired) electrons. The SMILES string of the molecule is CCNC(=O)c1ccc(OC(C)(C)C)cc1. The van der Waals surface area contributed by atoms with E-state index in [1.54, 1.807) is 12.1 Å². The summed E-state index contributed by atoms with van der Waals surface area (Å²) in [7, 11) is 0. The van der Waals surface area contributed by atoms with Crippen LogP contribution in [-0.2, 0) is 0 Å². The fourth-order valence-electron chi connectivity index (χ4n) is 1.29. The highest BCUT2D eigenvalue weighted by Gasteiger charge is 2.12. The number of ether oxygens (including phenoxy) is 1. The molecule has 0 unspecified atom stereocenters. The molecule has 0 bridgehead atoms. The smallest absolute Gasteiger partial charge is 0.251 e. The fraction of sp³-hybridized carbons (Fsp3) is 0.462. The molecule has 1 rings (SSSR count). The van der Waals surface area contributed by atoms with Crippen molar-refractivity contribution in [2.24, 2.45) is 0 Å². The van der Waals surface area contributed by atoms with Gasteiger partial charge in [0.05, 0.1) is 0 Å². The third kappa shape index (κ3) is 3.93. The highest BCUT2D eigenvalue weighted by Crippen LogP contribution is 2.18. The molecule has 0 heterocycles. The summed E-state index contributed by atoms with van der Waals surface area (Å²) < 4.78 is 5.66. The fourth-order valence-corrected chi connectivity index (χ4v) is 1.29. The van der Waals surface area contributed by atoms with Crippen molar-refractivity contribution in [1.29, 1.82) is 0 Å². The summed E-state index contributed by atoms with van der Waals surface area (Å²) >= 11 is 0. The Bertz CT molecular complexity index is 349. The van der Waals surface area contributed by atoms with Crippen LogP contribution < -0.4 is 10.1 Å². The molecule has 0 aromatic heterocycles. The Morgan fingerprint density at radius 1 is 1.25 bits per heavy atom. The van der Waals surface area contributed by atoms with Crippen LogP contribution >= 0.6 is 0 Å². The summed E-state index contributed by atoms with van der Waals surface area (Å²) in [6, 6.07) is 7.17. The third-order valence-corrected chi connectivity index (χ3v) is 1.88. The Labute approximate surface area is 96.8 Å². The van der Waals surface area contributed by atoms with Crippen LogP contribution in [0.15, 0.2) is 24.3 Å². The van der Waals surface area contributed by atoms with E-state index < -0.39 is 0 Å². The summed E-state index contributed by atoms with van der Waals surface area (Å²) in [5.41, 5.74) is 0.441. The molecule has 88 valence electrons. The first-order chi connectivity index (χ1) is 7.42. The molecule has 1 N–H and O–H groups in total. The molecule has 0 saturated heterocycles. The van der Waals surface area contributed by atoms with Crippen LogP contribution in [0.3, 0.4) is 0 Å². The molecule has 1 aromatic rings. The second kappa shape index (κ2) is 5.01. The Hall–Kier alpha value is -1.51. The van der Waals surface area contributed by atoms with Crippen molar-refractivity contribution in [3.63, 3.8) is 0 Å². The lowest BCUT2D eigenvalue weighted by Crippen LogP contribution is -2.24. The van der Waals surface area contributed by atoms with Gasteiger partial charge in [-0.15, -0.1) is 0 Å². The molecule has 0 spiro atoms. The highest BCUT2D eigenvalue weighted by molar-refractivity contribution is 5.94. The molecule has 0 atom stereocenters. The van der Waals surface area contributed by atoms with Gasteiger partial charge in [-0.25, -0.2) is 0 Å². The van der Waals surface area contributed by atoms with E-state index >= 15 is 0 Å². The Balaban J connectivity index is 2.72. The van der Waals surface area contributed by atoms with E-state index in [-0.39, 0.29) is 11.5 Å². The minimum Gasteiger partial charge on any atom is -0.488 e. The van der Waals surface area contributed by atoms with Crippen LogP contribution in [0.25, 0.3) is 0 Å². The summed E-state index contributed by atoms with van der Waals surface area (Å²) in [6.07, 6.45) is 0. The maximum atomic E-state index is 11.5. The van der Waals surface area contributed by atoms with Crippen LogP contribution in [0, 0.1) is 0 Å². The number of amides is 1. The summed E-state index contributed by atoms with van der Waals surface area (Å²) in [5, 5.41) is 2.75. The molecule has 0 aliphatic heterocycles. The van der Waals surface area contributed by atoms with Gasteiger partial charge in [0.15, 0.2) is 0 Å². The van der Waals surface area contributed by atoms with Crippen LogP contribution in [0.1, 0.15) is 38.1 Å². The van der Waals surface area contributed by atoms with Crippen molar-refractivity contribution < 1.29 is 9.53 Å². The van der Waals surface area contributed by atoms with Crippen LogP contribution in [0.4, 0.5) is 0 Å². The maximum Gasteiger partial charge on any atom is 0.251 e. The number of hydrogen-bond acceptors (Lipinski definition) is 2. The zero-order valence-electron chi connectivity index (χ0n) is 10.3. The molecule has 1 aromatic carbocycles. The van der Waals surface area contributed by atoms with Gasteiger partial charge in [0.25, 0.3) is 5.91 Å². The predicted molar refractivity (Wildman–Crippen MR) is 64.8 cm³/mol. The van der Waals surface area contributed by atoms with Crippen molar-refractivity contribution >= 4 is 5.91 Å². The van der Waals surface area contributed by atoms with E-state index in [1.807, 2.05) is 39.8 Å². The van der Waals surface area contributed by atoms with E-state index in [9.17, 15) is 4.79 Å². The standard InChI is InChI=1S/C13H19NO2/c1-5-14-12(15)10-6-8-11(9-7-10)16-13(2,3)4/h6-9H,5H2,1-4H3,(H,14,15). The third-order valence-electron chi connectivity index (χ3n) is 1.88. The lowest BCUT2D eigenvalue weighted by molar-refractivity contribution is 0.0955. The maximum absolute atomic E-state index is 11.5. The highest BCUT2D eigenvalue weighted by atomic mass is 16.5. The van der Waals surface area contributed by atoms with Gasteiger partial charge in [-0.1, -0.05) is 0 Å². The van der Waals surface area contributed by atoms with E-state index in [0.29, 0.717) is 12.1 Å². The summed E-state index contributed by atoms with van der Waals surface area (Å²) in [4.78, 5) is 11.5. The lowest BCUT2D eigenvalue weighted by Gasteiger charge is -2.21. The van der Waals surface area contributed by atoms with Gasteiger partial charge in [-0.05, 0) is 52.0 Å². The average Bonchev–Trinajstić information content (AvgIpc) is 2.16. The second-order valence-electron chi connectivity index (χ2n) is 4.60. The first kappa shape index (κ1) is 12.6. The number of hydrogen-bond donors (Lipinski definition) is 1. The van der Waals surface area contributed by atoms with Crippen molar-refractivity contribution in [2.45, 2.75) is 33.3 Å². The first-order valence-electron chi connectivity index (χ1n) is 5.49. The van der Waals surface area contributed by atoms with Crippen molar-refractivity contribution in [3.8, 4) is 5.75 Å². The zero-order chi connectivity index (χ0) is 12.2. The van der Waals surface area contributed by atoms with Gasteiger partial charge < -0.3 is 10.1 Å². The van der Waals surface area contributed by atoms with Crippen LogP contribution in [0.5, 0.6) is 5.75 Å². The lowest BCUT2D eigenvalue weighted by atomic mass is 10.1. The predicted octanol–water partition coefficient (Wildman–Crippen LogP) is 2.61. The van der Waals surface area contributed by atoms with Gasteiger partial charge in [-0.3, -0.25) is 4.79 Å². The normalized spacial score (nSPS) is 11.0. The van der Waals surface area contributed by atoms with E-state index in [2.05, 4.69) is 5.32 Å². The molecule has 0 aliphatic rings. The van der Waals surface area contributed by atoms with E-state index in [4.69, 9.17) is 4.74 Å². The number of nitrogens with one attached hydrogen (secondary N) is 1. The number of rotatable bonds is 3. The number of carbonyl (C=O) groups is 1. The molecule has 0 aliphatic carbocycles. The van der Waals surface area contributed by atoms with Crippen LogP contribution in [-0.4, -0.2) is 18.1 Å². The molecule has 0 fully saturated rings. The Kier molecular flexibility index (Phi) is 3.93. The second-order valence-corrected chi connectivity index (χ2v) is 4.60. The minimum atomic E-state index is -0.215. The zero-order valence-corrected chi connectivity index (χ0v) is 10.3. The molecule has 3 nitrogen and oxygen atoms in total. The van der Waals surface area contributed by atoms with Gasteiger partial charge >= 0.3 is 0 Å². The van der Waals surface area contributed by atoms with E-state index in [1.165, 1.54) is 0 Å². The number of carbonyl (C=O) groups excluding carboxylic acids is 1. The first-order valence-corrected chi connectivity index (χ1v) is 5.49. The van der Waals surface area contributed by atoms with Crippen molar-refractivity contribution in [1.82, 2.24) is 5.32 Å². The molecule has 16 heavy (non-hydrogen) atoms. The largest absolute Gasteiger partial charge is 0.488 e. The van der Waals surface area contributed by atoms with Crippen molar-refractivity contribution in [2.75, 3.05) is 6.54 Å². The summed E-state index contributed by atoms with van der Waals surface area (Å²) in [5.74, 6) is 0.727. The Morgan fingerprint density at radius 2 is 1.81 bits per heavy atom. The van der Waals surface area contributed by atoms with Gasteiger partial charge in [0.2, 0.25) is 0 Å². The van der Waals surface area contributed by atoms with Gasteiger partial charge in [0, 0.05) is 12.1 Å². The van der Waals surface area contributed by atoms with Crippen molar-refractivity contribution in [3.05, 3.63) is 29.8 Å². The van der Waals surface area contributed by atoms with Crippen LogP contribution in [0.2, 0.25) is 0 Å². The molecule has 1 amide bonds. The van der Waals surface area contributed by atoms with Gasteiger partial charge in [-0.2, -0.15) is 0 Å².